The third-order valence-corrected chi connectivity index (χ3v) is 4.46. The normalized spacial score (nSPS) is 12.9. The van der Waals surface area contributed by atoms with Gasteiger partial charge in [-0.15, -0.1) is 0 Å². The van der Waals surface area contributed by atoms with Crippen LogP contribution in [0.1, 0.15) is 11.1 Å². The zero-order chi connectivity index (χ0) is 15.8. The Kier molecular flexibility index (Phi) is 3.64. The van der Waals surface area contributed by atoms with Gasteiger partial charge in [0.1, 0.15) is 0 Å². The number of rotatable bonds is 1. The molecule has 0 spiro atoms. The molecule has 0 bridgehead atoms. The van der Waals surface area contributed by atoms with Crippen LogP contribution in [-0.4, -0.2) is 0 Å². The van der Waals surface area contributed by atoms with E-state index in [2.05, 4.69) is 34.7 Å². The summed E-state index contributed by atoms with van der Waals surface area (Å²) in [6, 6.07) is 22.1. The van der Waals surface area contributed by atoms with E-state index < -0.39 is 0 Å². The number of anilines is 3. The van der Waals surface area contributed by atoms with Crippen LogP contribution in [0.5, 0.6) is 0 Å². The molecule has 0 saturated carbocycles. The van der Waals surface area contributed by atoms with Gasteiger partial charge in [0.2, 0.25) is 0 Å². The first kappa shape index (κ1) is 14.4. The average molecular weight is 341 g/mol. The van der Waals surface area contributed by atoms with Crippen molar-refractivity contribution in [1.82, 2.24) is 0 Å². The zero-order valence-corrected chi connectivity index (χ0v) is 13.8. The van der Waals surface area contributed by atoms with Crippen LogP contribution >= 0.6 is 23.2 Å². The lowest BCUT2D eigenvalue weighted by Crippen LogP contribution is -2.24. The van der Waals surface area contributed by atoms with Crippen LogP contribution in [-0.2, 0) is 6.42 Å². The first-order valence-corrected chi connectivity index (χ1v) is 8.15. The van der Waals surface area contributed by atoms with Gasteiger partial charge in [0, 0.05) is 16.5 Å². The van der Waals surface area contributed by atoms with Crippen molar-refractivity contribution in [2.75, 3.05) is 10.4 Å². The quantitative estimate of drug-likeness (QED) is 0.578. The maximum absolute atomic E-state index is 6.24. The fraction of sp³-hybridized carbons (Fsp3) is 0.0526. The Balaban J connectivity index is 1.92. The fourth-order valence-corrected chi connectivity index (χ4v) is 3.21. The summed E-state index contributed by atoms with van der Waals surface area (Å²) in [7, 11) is 0. The van der Waals surface area contributed by atoms with Gasteiger partial charge in [-0.05, 0) is 47.5 Å². The molecule has 0 aliphatic carbocycles. The van der Waals surface area contributed by atoms with Crippen molar-refractivity contribution in [2.45, 2.75) is 6.42 Å². The number of hydrogen-bond acceptors (Lipinski definition) is 2. The van der Waals surface area contributed by atoms with E-state index in [0.29, 0.717) is 5.02 Å². The molecule has 0 amide bonds. The lowest BCUT2D eigenvalue weighted by atomic mass is 10.0. The molecule has 2 nitrogen and oxygen atoms in total. The predicted molar refractivity (Wildman–Crippen MR) is 97.9 cm³/mol. The molecule has 0 radical (unpaired) electrons. The summed E-state index contributed by atoms with van der Waals surface area (Å²) >= 11 is 12.4. The third-order valence-electron chi connectivity index (χ3n) is 3.99. The first-order chi connectivity index (χ1) is 11.2. The van der Waals surface area contributed by atoms with E-state index in [1.54, 1.807) is 0 Å². The lowest BCUT2D eigenvalue weighted by Gasteiger charge is -2.27. The third kappa shape index (κ3) is 2.76. The second-order valence-electron chi connectivity index (χ2n) is 5.53. The number of fused-ring (bicyclic) bond motifs is 2. The highest BCUT2D eigenvalue weighted by atomic mass is 35.5. The number of benzene rings is 3. The molecule has 1 aliphatic rings. The van der Waals surface area contributed by atoms with E-state index in [9.17, 15) is 0 Å². The Labute approximate surface area is 145 Å². The fourth-order valence-electron chi connectivity index (χ4n) is 2.87. The molecule has 4 rings (SSSR count). The van der Waals surface area contributed by atoms with E-state index in [4.69, 9.17) is 23.2 Å². The highest BCUT2D eigenvalue weighted by Gasteiger charge is 2.20. The van der Waals surface area contributed by atoms with Crippen LogP contribution in [0.25, 0.3) is 0 Å². The molecule has 0 fully saturated rings. The van der Waals surface area contributed by atoms with Crippen molar-refractivity contribution in [3.8, 4) is 0 Å². The molecule has 1 N–H and O–H groups in total. The van der Waals surface area contributed by atoms with Crippen molar-refractivity contribution >= 4 is 40.3 Å². The van der Waals surface area contributed by atoms with E-state index in [-0.39, 0.29) is 0 Å². The van der Waals surface area contributed by atoms with Crippen molar-refractivity contribution in [2.24, 2.45) is 0 Å². The molecular weight excluding hydrogens is 327 g/mol. The largest absolute Gasteiger partial charge is 0.293 e. The topological polar surface area (TPSA) is 15.3 Å². The van der Waals surface area contributed by atoms with Crippen molar-refractivity contribution < 1.29 is 0 Å². The van der Waals surface area contributed by atoms with E-state index in [0.717, 1.165) is 28.5 Å². The minimum Gasteiger partial charge on any atom is -0.293 e. The summed E-state index contributed by atoms with van der Waals surface area (Å²) in [6.07, 6.45) is 0.829. The molecule has 3 aromatic carbocycles. The van der Waals surface area contributed by atoms with Crippen LogP contribution < -0.4 is 10.4 Å². The second-order valence-corrected chi connectivity index (χ2v) is 6.41. The molecule has 4 heteroatoms. The van der Waals surface area contributed by atoms with Gasteiger partial charge in [-0.3, -0.25) is 10.4 Å². The van der Waals surface area contributed by atoms with Gasteiger partial charge in [0.15, 0.2) is 0 Å². The van der Waals surface area contributed by atoms with E-state index in [1.807, 2.05) is 42.5 Å². The standard InChI is InChI=1S/C19H14Cl2N2/c20-15-8-6-13-10-14-7-9-16(21)12-19(14)23(22-18(13)11-15)17-4-2-1-3-5-17/h1-9,11-12,22H,10H2. The van der Waals surface area contributed by atoms with Crippen LogP contribution in [0, 0.1) is 0 Å². The van der Waals surface area contributed by atoms with Crippen LogP contribution in [0.2, 0.25) is 10.0 Å². The van der Waals surface area contributed by atoms with Crippen molar-refractivity contribution in [3.05, 3.63) is 87.9 Å². The van der Waals surface area contributed by atoms with Gasteiger partial charge in [-0.2, -0.15) is 0 Å². The molecule has 3 aromatic rings. The molecular formula is C19H14Cl2N2. The number of nitrogens with one attached hydrogen (secondary N) is 1. The summed E-state index contributed by atoms with van der Waals surface area (Å²) in [5, 5.41) is 3.49. The molecule has 0 saturated heterocycles. The maximum atomic E-state index is 6.24. The van der Waals surface area contributed by atoms with Gasteiger partial charge in [-0.1, -0.05) is 53.5 Å². The van der Waals surface area contributed by atoms with Gasteiger partial charge >= 0.3 is 0 Å². The zero-order valence-electron chi connectivity index (χ0n) is 12.3. The summed E-state index contributed by atoms with van der Waals surface area (Å²) in [5.74, 6) is 0. The number of nitrogens with zero attached hydrogens (tertiary/aromatic N) is 1. The Hall–Kier alpha value is -2.16. The summed E-state index contributed by atoms with van der Waals surface area (Å²) in [4.78, 5) is 0. The van der Waals surface area contributed by atoms with Crippen LogP contribution in [0.4, 0.5) is 17.1 Å². The Morgan fingerprint density at radius 1 is 0.783 bits per heavy atom. The maximum Gasteiger partial charge on any atom is 0.0680 e. The van der Waals surface area contributed by atoms with E-state index in [1.165, 1.54) is 11.1 Å². The highest BCUT2D eigenvalue weighted by Crippen LogP contribution is 2.37. The lowest BCUT2D eigenvalue weighted by molar-refractivity contribution is 1.16. The Morgan fingerprint density at radius 3 is 2.26 bits per heavy atom. The van der Waals surface area contributed by atoms with Gasteiger partial charge < -0.3 is 0 Å². The smallest absolute Gasteiger partial charge is 0.0680 e. The SMILES string of the molecule is Clc1ccc2c(c1)NN(c1ccccc1)c1cc(Cl)ccc1C2. The molecule has 1 heterocycles. The van der Waals surface area contributed by atoms with Gasteiger partial charge in [0.05, 0.1) is 17.1 Å². The van der Waals surface area contributed by atoms with Crippen molar-refractivity contribution in [3.63, 3.8) is 0 Å². The Morgan fingerprint density at radius 2 is 1.48 bits per heavy atom. The Bertz CT molecular complexity index is 862. The molecule has 114 valence electrons. The summed E-state index contributed by atoms with van der Waals surface area (Å²) in [5.41, 5.74) is 9.02. The molecule has 23 heavy (non-hydrogen) atoms. The first-order valence-electron chi connectivity index (χ1n) is 7.39. The molecule has 0 unspecified atom stereocenters. The number of halogens is 2. The molecule has 0 aromatic heterocycles. The minimum absolute atomic E-state index is 0.716. The highest BCUT2D eigenvalue weighted by molar-refractivity contribution is 6.31. The number of hydrazine groups is 1. The average Bonchev–Trinajstić information content (AvgIpc) is 2.72. The number of para-hydroxylation sites is 1. The summed E-state index contributed by atoms with van der Waals surface area (Å²) in [6.45, 7) is 0. The molecule has 0 atom stereocenters. The van der Waals surface area contributed by atoms with Gasteiger partial charge in [-0.25, -0.2) is 0 Å². The second kappa shape index (κ2) is 5.80. The van der Waals surface area contributed by atoms with E-state index >= 15 is 0 Å². The van der Waals surface area contributed by atoms with Crippen molar-refractivity contribution in [1.29, 1.82) is 0 Å². The monoisotopic (exact) mass is 340 g/mol. The van der Waals surface area contributed by atoms with Gasteiger partial charge in [0.25, 0.3) is 0 Å². The predicted octanol–water partition coefficient (Wildman–Crippen LogP) is 6.06. The number of hydrogen-bond donors (Lipinski definition) is 1. The van der Waals surface area contributed by atoms with Crippen LogP contribution in [0.15, 0.2) is 66.7 Å². The van der Waals surface area contributed by atoms with Crippen LogP contribution in [0.3, 0.4) is 0 Å². The minimum atomic E-state index is 0.716. The summed E-state index contributed by atoms with van der Waals surface area (Å²) < 4.78 is 0. The molecule has 1 aliphatic heterocycles.